The molecule has 0 bridgehead atoms. The maximum atomic E-state index is 11.8. The van der Waals surface area contributed by atoms with Gasteiger partial charge in [0, 0.05) is 61.6 Å². The molecule has 44 heavy (non-hydrogen) atoms. The predicted molar refractivity (Wildman–Crippen MR) is 162 cm³/mol. The molecule has 1 saturated carbocycles. The van der Waals surface area contributed by atoms with Crippen LogP contribution in [0.3, 0.4) is 0 Å². The molecular weight excluding hydrogens is 560 g/mol. The molecule has 3 saturated heterocycles. The van der Waals surface area contributed by atoms with E-state index in [2.05, 4.69) is 48.3 Å². The maximum absolute atomic E-state index is 11.8. The molecular formula is C32H36N8O4. The van der Waals surface area contributed by atoms with Crippen LogP contribution in [0.2, 0.25) is 0 Å². The van der Waals surface area contributed by atoms with Crippen molar-refractivity contribution in [3.05, 3.63) is 54.4 Å². The first-order valence-corrected chi connectivity index (χ1v) is 15.3. The van der Waals surface area contributed by atoms with Crippen LogP contribution in [0.5, 0.6) is 5.75 Å². The number of nitriles is 1. The number of benzene rings is 2. The van der Waals surface area contributed by atoms with Crippen LogP contribution in [0, 0.1) is 16.7 Å². The van der Waals surface area contributed by atoms with Crippen molar-refractivity contribution in [2.24, 2.45) is 5.41 Å². The van der Waals surface area contributed by atoms with Gasteiger partial charge in [0.2, 0.25) is 11.9 Å². The van der Waals surface area contributed by atoms with Gasteiger partial charge in [-0.25, -0.2) is 9.97 Å². The minimum Gasteiger partial charge on any atom is -0.488 e. The second-order valence-electron chi connectivity index (χ2n) is 12.1. The van der Waals surface area contributed by atoms with E-state index in [-0.39, 0.29) is 17.4 Å². The van der Waals surface area contributed by atoms with Gasteiger partial charge in [0.1, 0.15) is 30.9 Å². The number of rotatable bonds is 8. The monoisotopic (exact) mass is 596 g/mol. The molecule has 3 aromatic rings. The van der Waals surface area contributed by atoms with Gasteiger partial charge in [-0.2, -0.15) is 10.2 Å². The van der Waals surface area contributed by atoms with E-state index in [0.717, 1.165) is 64.3 Å². The van der Waals surface area contributed by atoms with Crippen LogP contribution in [-0.2, 0) is 9.53 Å². The highest BCUT2D eigenvalue weighted by Gasteiger charge is 2.57. The van der Waals surface area contributed by atoms with Crippen LogP contribution in [-0.4, -0.2) is 107 Å². The van der Waals surface area contributed by atoms with Gasteiger partial charge in [0.05, 0.1) is 24.8 Å². The van der Waals surface area contributed by atoms with Crippen molar-refractivity contribution in [2.45, 2.75) is 31.4 Å². The Morgan fingerprint density at radius 2 is 1.84 bits per heavy atom. The molecule has 4 fully saturated rings. The summed E-state index contributed by atoms with van der Waals surface area (Å²) in [6, 6.07) is 16.6. The van der Waals surface area contributed by atoms with Crippen LogP contribution in [0.25, 0.3) is 11.4 Å². The van der Waals surface area contributed by atoms with Gasteiger partial charge < -0.3 is 29.7 Å². The fourth-order valence-electron chi connectivity index (χ4n) is 6.48. The number of aliphatic hydroxyl groups excluding tert-OH is 1. The highest BCUT2D eigenvalue weighted by atomic mass is 16.5. The average molecular weight is 597 g/mol. The molecule has 7 rings (SSSR count). The number of nitrogens with one attached hydrogen (secondary N) is 1. The summed E-state index contributed by atoms with van der Waals surface area (Å²) in [6.07, 6.45) is 4.04. The molecule has 3 aliphatic heterocycles. The molecule has 12 nitrogen and oxygen atoms in total. The lowest BCUT2D eigenvalue weighted by molar-refractivity contribution is -0.135. The van der Waals surface area contributed by atoms with Crippen molar-refractivity contribution in [3.8, 4) is 23.2 Å². The van der Waals surface area contributed by atoms with Crippen LogP contribution < -0.4 is 15.0 Å². The van der Waals surface area contributed by atoms with E-state index in [1.54, 1.807) is 17.0 Å². The first-order chi connectivity index (χ1) is 21.5. The molecule has 1 aliphatic carbocycles. The molecule has 1 aromatic heterocycles. The summed E-state index contributed by atoms with van der Waals surface area (Å²) in [7, 11) is 0. The van der Waals surface area contributed by atoms with Gasteiger partial charge in [-0.1, -0.05) is 0 Å². The van der Waals surface area contributed by atoms with E-state index in [1.165, 1.54) is 12.0 Å². The van der Waals surface area contributed by atoms with Gasteiger partial charge in [-0.15, -0.1) is 0 Å². The van der Waals surface area contributed by atoms with Gasteiger partial charge in [-0.05, 0) is 61.7 Å². The number of anilines is 3. The largest absolute Gasteiger partial charge is 0.488 e. The standard InChI is InChI=1S/C32H36N8O4/c33-17-23-15-22(1-6-27(23)44-28-16-32(28)7-9-40(10-8-32)29(42)18-41)30-34-21-35-31(37-30)36-24-2-4-25(5-3-24)38-11-13-39(14-12-38)26-19-43-20-26/h1-6,15,21,26,28,41H,7-14,16,18-20H2,(H,34,35,36,37). The molecule has 4 aliphatic rings. The first kappa shape index (κ1) is 28.5. The number of likely N-dealkylation sites (tertiary alicyclic amines) is 1. The minimum absolute atomic E-state index is 0.0123. The fourth-order valence-corrected chi connectivity index (χ4v) is 6.48. The molecule has 4 heterocycles. The minimum atomic E-state index is -0.452. The third kappa shape index (κ3) is 5.78. The lowest BCUT2D eigenvalue weighted by Crippen LogP contribution is -2.56. The van der Waals surface area contributed by atoms with Crippen LogP contribution in [0.15, 0.2) is 48.8 Å². The third-order valence-corrected chi connectivity index (χ3v) is 9.50. The normalized spacial score (nSPS) is 21.4. The number of hydrogen-bond acceptors (Lipinski definition) is 11. The highest BCUT2D eigenvalue weighted by Crippen LogP contribution is 2.56. The van der Waals surface area contributed by atoms with Crippen LogP contribution in [0.1, 0.15) is 24.8 Å². The number of nitrogens with zero attached hydrogens (tertiary/aromatic N) is 7. The Kier molecular flexibility index (Phi) is 7.76. The Bertz CT molecular complexity index is 1540. The SMILES string of the molecule is N#Cc1cc(-c2ncnc(Nc3ccc(N4CCN(C5COC5)CC4)cc3)n2)ccc1OC1CC12CCN(C(=O)CO)CC2. The van der Waals surface area contributed by atoms with Crippen molar-refractivity contribution >= 4 is 23.2 Å². The van der Waals surface area contributed by atoms with Crippen molar-refractivity contribution in [3.63, 3.8) is 0 Å². The zero-order valence-electron chi connectivity index (χ0n) is 24.6. The van der Waals surface area contributed by atoms with Crippen LogP contribution >= 0.6 is 0 Å². The van der Waals surface area contributed by atoms with E-state index in [9.17, 15) is 10.1 Å². The average Bonchev–Trinajstić information content (AvgIpc) is 3.71. The van der Waals surface area contributed by atoms with Gasteiger partial charge in [-0.3, -0.25) is 9.69 Å². The van der Waals surface area contributed by atoms with Gasteiger partial charge >= 0.3 is 0 Å². The number of carbonyl (C=O) groups excluding carboxylic acids is 1. The molecule has 2 N–H and O–H groups in total. The number of aliphatic hydroxyl groups is 1. The first-order valence-electron chi connectivity index (χ1n) is 15.3. The molecule has 12 heteroatoms. The Morgan fingerprint density at radius 3 is 2.52 bits per heavy atom. The predicted octanol–water partition coefficient (Wildman–Crippen LogP) is 2.43. The number of carbonyl (C=O) groups is 1. The van der Waals surface area contributed by atoms with Crippen molar-refractivity contribution < 1.29 is 19.4 Å². The van der Waals surface area contributed by atoms with Crippen molar-refractivity contribution in [2.75, 3.05) is 69.3 Å². The van der Waals surface area contributed by atoms with Crippen LogP contribution in [0.4, 0.5) is 17.3 Å². The van der Waals surface area contributed by atoms with E-state index < -0.39 is 6.61 Å². The number of piperidine rings is 1. The summed E-state index contributed by atoms with van der Waals surface area (Å²) in [4.78, 5) is 31.7. The summed E-state index contributed by atoms with van der Waals surface area (Å²) in [5.74, 6) is 1.19. The Morgan fingerprint density at radius 1 is 1.07 bits per heavy atom. The number of piperazine rings is 1. The van der Waals surface area contributed by atoms with Crippen molar-refractivity contribution in [1.29, 1.82) is 5.26 Å². The molecule has 2 aromatic carbocycles. The number of aromatic nitrogens is 3. The third-order valence-electron chi connectivity index (χ3n) is 9.50. The maximum Gasteiger partial charge on any atom is 0.248 e. The van der Waals surface area contributed by atoms with Gasteiger partial charge in [0.15, 0.2) is 5.82 Å². The molecule has 1 spiro atoms. The summed E-state index contributed by atoms with van der Waals surface area (Å²) >= 11 is 0. The number of hydrogen-bond donors (Lipinski definition) is 2. The molecule has 1 unspecified atom stereocenters. The second kappa shape index (κ2) is 12.0. The lowest BCUT2D eigenvalue weighted by Gasteiger charge is -2.43. The summed E-state index contributed by atoms with van der Waals surface area (Å²) < 4.78 is 11.6. The quantitative estimate of drug-likeness (QED) is 0.396. The topological polar surface area (TPSA) is 140 Å². The zero-order valence-corrected chi connectivity index (χ0v) is 24.6. The van der Waals surface area contributed by atoms with E-state index in [1.807, 2.05) is 18.2 Å². The Labute approximate surface area is 256 Å². The van der Waals surface area contributed by atoms with E-state index >= 15 is 0 Å². The summed E-state index contributed by atoms with van der Waals surface area (Å²) in [6.45, 7) is 6.62. The lowest BCUT2D eigenvalue weighted by atomic mass is 9.93. The number of amides is 1. The molecule has 1 amide bonds. The van der Waals surface area contributed by atoms with E-state index in [0.29, 0.717) is 47.8 Å². The smallest absolute Gasteiger partial charge is 0.248 e. The molecule has 228 valence electrons. The molecule has 0 radical (unpaired) electrons. The molecule has 1 atom stereocenters. The second-order valence-corrected chi connectivity index (χ2v) is 12.1. The summed E-state index contributed by atoms with van der Waals surface area (Å²) in [5.41, 5.74) is 3.23. The van der Waals surface area contributed by atoms with Crippen molar-refractivity contribution in [1.82, 2.24) is 24.8 Å². The summed E-state index contributed by atoms with van der Waals surface area (Å²) in [5, 5.41) is 22.3. The Hall–Kier alpha value is -4.31. The zero-order chi connectivity index (χ0) is 30.1. The van der Waals surface area contributed by atoms with Gasteiger partial charge in [0.25, 0.3) is 0 Å². The Balaban J connectivity index is 0.964. The highest BCUT2D eigenvalue weighted by molar-refractivity contribution is 5.77. The van der Waals surface area contributed by atoms with E-state index in [4.69, 9.17) is 14.6 Å². The fraction of sp³-hybridized carbons (Fsp3) is 0.469. The number of ether oxygens (including phenoxy) is 2.